The van der Waals surface area contributed by atoms with Gasteiger partial charge in [0.25, 0.3) is 0 Å². The standard InChI is InChI=1S/C11H21NO2S/c1-3-12-10-8-6-4-5-7-9-11-15(2,13)14/h1,4-11H2,2H3. The van der Waals surface area contributed by atoms with E-state index in [1.54, 1.807) is 0 Å². The summed E-state index contributed by atoms with van der Waals surface area (Å²) < 4.78 is 21.6. The maximum atomic E-state index is 10.8. The average Bonchev–Trinajstić information content (AvgIpc) is 2.14. The van der Waals surface area contributed by atoms with Gasteiger partial charge in [0.2, 0.25) is 0 Å². The summed E-state index contributed by atoms with van der Waals surface area (Å²) in [4.78, 5) is 3.90. The molecule has 0 saturated carbocycles. The van der Waals surface area contributed by atoms with E-state index in [9.17, 15) is 8.42 Å². The molecule has 0 spiro atoms. The summed E-state index contributed by atoms with van der Waals surface area (Å²) in [7, 11) is -2.76. The van der Waals surface area contributed by atoms with Gasteiger partial charge in [-0.3, -0.25) is 0 Å². The molecule has 0 N–H and O–H groups in total. The third-order valence-corrected chi connectivity index (χ3v) is 3.18. The van der Waals surface area contributed by atoms with E-state index in [4.69, 9.17) is 0 Å². The SMILES string of the molecule is C=C=NCCCCCCCCS(C)(=O)=O. The van der Waals surface area contributed by atoms with Gasteiger partial charge in [0.15, 0.2) is 0 Å². The topological polar surface area (TPSA) is 46.5 Å². The normalized spacial score (nSPS) is 11.0. The van der Waals surface area contributed by atoms with Crippen molar-refractivity contribution < 1.29 is 8.42 Å². The molecule has 0 atom stereocenters. The van der Waals surface area contributed by atoms with Crippen LogP contribution in [0.4, 0.5) is 0 Å². The average molecular weight is 231 g/mol. The second-order valence-corrected chi connectivity index (χ2v) is 6.05. The Morgan fingerprint density at radius 3 is 2.13 bits per heavy atom. The van der Waals surface area contributed by atoms with Crippen LogP contribution in [-0.4, -0.2) is 32.8 Å². The zero-order valence-electron chi connectivity index (χ0n) is 9.54. The van der Waals surface area contributed by atoms with Crippen molar-refractivity contribution in [1.82, 2.24) is 0 Å². The fourth-order valence-electron chi connectivity index (χ4n) is 1.34. The highest BCUT2D eigenvalue weighted by Crippen LogP contribution is 2.06. The van der Waals surface area contributed by atoms with Crippen LogP contribution in [0.15, 0.2) is 11.6 Å². The Bertz CT molecular complexity index is 290. The van der Waals surface area contributed by atoms with Crippen LogP contribution in [0.1, 0.15) is 38.5 Å². The number of unbranched alkanes of at least 4 members (excludes halogenated alkanes) is 5. The van der Waals surface area contributed by atoms with Crippen molar-refractivity contribution in [3.63, 3.8) is 0 Å². The van der Waals surface area contributed by atoms with Crippen LogP contribution < -0.4 is 0 Å². The van der Waals surface area contributed by atoms with Gasteiger partial charge in [-0.1, -0.05) is 25.7 Å². The minimum Gasteiger partial charge on any atom is -0.244 e. The van der Waals surface area contributed by atoms with E-state index in [1.165, 1.54) is 6.26 Å². The van der Waals surface area contributed by atoms with Crippen molar-refractivity contribution >= 4 is 15.7 Å². The van der Waals surface area contributed by atoms with Gasteiger partial charge in [0.05, 0.1) is 0 Å². The van der Waals surface area contributed by atoms with Gasteiger partial charge in [0.1, 0.15) is 9.84 Å². The van der Waals surface area contributed by atoms with Crippen LogP contribution in [0.3, 0.4) is 0 Å². The first-order valence-corrected chi connectivity index (χ1v) is 7.48. The summed E-state index contributed by atoms with van der Waals surface area (Å²) in [6, 6.07) is 0. The number of rotatable bonds is 9. The first kappa shape index (κ1) is 14.4. The van der Waals surface area contributed by atoms with Gasteiger partial charge in [-0.15, -0.1) is 0 Å². The van der Waals surface area contributed by atoms with Gasteiger partial charge in [-0.2, -0.15) is 0 Å². The third kappa shape index (κ3) is 13.4. The Morgan fingerprint density at radius 2 is 1.60 bits per heavy atom. The molecule has 0 aromatic carbocycles. The molecule has 0 rings (SSSR count). The molecule has 0 aromatic rings. The summed E-state index contributed by atoms with van der Waals surface area (Å²) in [5, 5.41) is 0. The predicted octanol–water partition coefficient (Wildman–Crippen LogP) is 2.23. The lowest BCUT2D eigenvalue weighted by Gasteiger charge is -1.99. The Kier molecular flexibility index (Phi) is 8.34. The zero-order chi connectivity index (χ0) is 11.6. The minimum atomic E-state index is -2.76. The number of sulfone groups is 1. The number of hydrogen-bond donors (Lipinski definition) is 0. The van der Waals surface area contributed by atoms with Crippen LogP contribution in [0.5, 0.6) is 0 Å². The van der Waals surface area contributed by atoms with Crippen molar-refractivity contribution in [3.8, 4) is 0 Å². The molecule has 0 bridgehead atoms. The molecule has 0 saturated heterocycles. The molecule has 15 heavy (non-hydrogen) atoms. The van der Waals surface area contributed by atoms with Gasteiger partial charge >= 0.3 is 0 Å². The second-order valence-electron chi connectivity index (χ2n) is 3.79. The van der Waals surface area contributed by atoms with Gasteiger partial charge in [-0.25, -0.2) is 13.4 Å². The first-order valence-electron chi connectivity index (χ1n) is 5.42. The van der Waals surface area contributed by atoms with E-state index >= 15 is 0 Å². The lowest BCUT2D eigenvalue weighted by molar-refractivity contribution is 0.586. The van der Waals surface area contributed by atoms with Crippen molar-refractivity contribution in [3.05, 3.63) is 6.58 Å². The van der Waals surface area contributed by atoms with Crippen LogP contribution in [0.25, 0.3) is 0 Å². The third-order valence-electron chi connectivity index (χ3n) is 2.15. The molecule has 4 heteroatoms. The molecule has 0 amide bonds. The van der Waals surface area contributed by atoms with Crippen molar-refractivity contribution in [2.45, 2.75) is 38.5 Å². The Labute approximate surface area is 93.2 Å². The van der Waals surface area contributed by atoms with Crippen molar-refractivity contribution in [2.24, 2.45) is 4.99 Å². The van der Waals surface area contributed by atoms with Crippen LogP contribution in [0, 0.1) is 0 Å². The van der Waals surface area contributed by atoms with Crippen LogP contribution in [-0.2, 0) is 9.84 Å². The van der Waals surface area contributed by atoms with Gasteiger partial charge < -0.3 is 0 Å². The van der Waals surface area contributed by atoms with Crippen LogP contribution in [0.2, 0.25) is 0 Å². The van der Waals surface area contributed by atoms with Crippen LogP contribution >= 0.6 is 0 Å². The van der Waals surface area contributed by atoms with E-state index in [0.717, 1.165) is 45.1 Å². The maximum Gasteiger partial charge on any atom is 0.147 e. The first-order chi connectivity index (χ1) is 7.06. The highest BCUT2D eigenvalue weighted by Gasteiger charge is 2.00. The molecule has 0 aliphatic heterocycles. The molecular weight excluding hydrogens is 210 g/mol. The molecule has 0 aromatic heterocycles. The molecule has 0 aliphatic rings. The molecule has 0 heterocycles. The highest BCUT2D eigenvalue weighted by atomic mass is 32.2. The molecule has 0 fully saturated rings. The van der Waals surface area contributed by atoms with Gasteiger partial charge in [-0.05, 0) is 25.3 Å². The highest BCUT2D eigenvalue weighted by molar-refractivity contribution is 7.90. The largest absolute Gasteiger partial charge is 0.244 e. The monoisotopic (exact) mass is 231 g/mol. The Balaban J connectivity index is 3.15. The molecule has 88 valence electrons. The lowest BCUT2D eigenvalue weighted by atomic mass is 10.1. The van der Waals surface area contributed by atoms with E-state index < -0.39 is 9.84 Å². The summed E-state index contributed by atoms with van der Waals surface area (Å²) in [5.74, 6) is 2.83. The minimum absolute atomic E-state index is 0.327. The maximum absolute atomic E-state index is 10.8. The number of nitrogens with zero attached hydrogens (tertiary/aromatic N) is 1. The van der Waals surface area contributed by atoms with E-state index in [2.05, 4.69) is 17.4 Å². The molecule has 3 nitrogen and oxygen atoms in total. The summed E-state index contributed by atoms with van der Waals surface area (Å²) in [6.07, 6.45) is 7.62. The van der Waals surface area contributed by atoms with Crippen molar-refractivity contribution in [2.75, 3.05) is 18.6 Å². The summed E-state index contributed by atoms with van der Waals surface area (Å²) in [6.45, 7) is 4.21. The van der Waals surface area contributed by atoms with E-state index in [0.29, 0.717) is 5.75 Å². The fraction of sp³-hybridized carbons (Fsp3) is 0.818. The lowest BCUT2D eigenvalue weighted by Crippen LogP contribution is -2.02. The second kappa shape index (κ2) is 8.69. The zero-order valence-corrected chi connectivity index (χ0v) is 10.4. The smallest absolute Gasteiger partial charge is 0.147 e. The Morgan fingerprint density at radius 1 is 1.07 bits per heavy atom. The predicted molar refractivity (Wildman–Crippen MR) is 65.3 cm³/mol. The summed E-state index contributed by atoms with van der Waals surface area (Å²) >= 11 is 0. The molecule has 0 aliphatic carbocycles. The van der Waals surface area contributed by atoms with Crippen molar-refractivity contribution in [1.29, 1.82) is 0 Å². The number of aliphatic imine (C=N–C) groups is 1. The number of hydrogen-bond acceptors (Lipinski definition) is 3. The fourth-order valence-corrected chi connectivity index (χ4v) is 2.07. The summed E-state index contributed by atoms with van der Waals surface area (Å²) in [5.41, 5.74) is 0. The molecular formula is C11H21NO2S. The van der Waals surface area contributed by atoms with Gasteiger partial charge in [0, 0.05) is 18.6 Å². The molecule has 0 unspecified atom stereocenters. The quantitative estimate of drug-likeness (QED) is 0.451. The molecule has 0 radical (unpaired) electrons. The van der Waals surface area contributed by atoms with E-state index in [1.807, 2.05) is 0 Å². The Hall–Kier alpha value is -0.600. The van der Waals surface area contributed by atoms with E-state index in [-0.39, 0.29) is 0 Å².